The molecule has 0 aliphatic carbocycles. The SMILES string of the molecule is CC[C@@H](C)[C@H](NC(=O)Nc1cc(C)ccc1C)C(=O)[O-]. The molecule has 0 aliphatic heterocycles. The van der Waals surface area contributed by atoms with Crippen molar-refractivity contribution >= 4 is 17.7 Å². The van der Waals surface area contributed by atoms with Crippen molar-refractivity contribution in [3.05, 3.63) is 29.3 Å². The number of urea groups is 1. The molecule has 0 bridgehead atoms. The molecule has 0 radical (unpaired) electrons. The molecule has 0 aromatic heterocycles. The highest BCUT2D eigenvalue weighted by molar-refractivity contribution is 5.92. The van der Waals surface area contributed by atoms with E-state index in [9.17, 15) is 14.7 Å². The van der Waals surface area contributed by atoms with Crippen LogP contribution in [0.2, 0.25) is 0 Å². The van der Waals surface area contributed by atoms with Gasteiger partial charge in [0.25, 0.3) is 0 Å². The molecule has 1 rings (SSSR count). The van der Waals surface area contributed by atoms with Gasteiger partial charge in [-0.1, -0.05) is 32.4 Å². The van der Waals surface area contributed by atoms with E-state index in [0.29, 0.717) is 12.1 Å². The van der Waals surface area contributed by atoms with Gasteiger partial charge < -0.3 is 20.5 Å². The number of anilines is 1. The van der Waals surface area contributed by atoms with E-state index in [1.165, 1.54) is 0 Å². The van der Waals surface area contributed by atoms with Crippen LogP contribution < -0.4 is 15.7 Å². The van der Waals surface area contributed by atoms with Gasteiger partial charge in [-0.25, -0.2) is 4.79 Å². The van der Waals surface area contributed by atoms with Gasteiger partial charge in [0.1, 0.15) is 0 Å². The van der Waals surface area contributed by atoms with Crippen LogP contribution in [-0.4, -0.2) is 18.0 Å². The summed E-state index contributed by atoms with van der Waals surface area (Å²) in [7, 11) is 0. The Morgan fingerprint density at radius 1 is 1.30 bits per heavy atom. The molecule has 2 amide bonds. The molecule has 0 heterocycles. The number of hydrogen-bond donors (Lipinski definition) is 2. The van der Waals surface area contributed by atoms with Gasteiger partial charge in [0.2, 0.25) is 0 Å². The summed E-state index contributed by atoms with van der Waals surface area (Å²) in [6.07, 6.45) is 0.641. The summed E-state index contributed by atoms with van der Waals surface area (Å²) in [5.41, 5.74) is 2.60. The summed E-state index contributed by atoms with van der Waals surface area (Å²) >= 11 is 0. The van der Waals surface area contributed by atoms with Crippen molar-refractivity contribution in [3.8, 4) is 0 Å². The topological polar surface area (TPSA) is 81.3 Å². The standard InChI is InChI=1S/C15H22N2O3/c1-5-10(3)13(14(18)19)17-15(20)16-12-8-9(2)6-7-11(12)4/h6-8,10,13H,5H2,1-4H3,(H,18,19)(H2,16,17,20)/p-1/t10-,13+/m1/s1. The molecule has 1 aromatic rings. The molecule has 5 nitrogen and oxygen atoms in total. The number of carbonyl (C=O) groups excluding carboxylic acids is 2. The van der Waals surface area contributed by atoms with Crippen molar-refractivity contribution in [1.82, 2.24) is 5.32 Å². The van der Waals surface area contributed by atoms with Gasteiger partial charge in [0.15, 0.2) is 0 Å². The van der Waals surface area contributed by atoms with Crippen LogP contribution in [0, 0.1) is 19.8 Å². The average Bonchev–Trinajstić information content (AvgIpc) is 2.39. The number of nitrogens with one attached hydrogen (secondary N) is 2. The molecular formula is C15H21N2O3-. The summed E-state index contributed by atoms with van der Waals surface area (Å²) in [5.74, 6) is -1.46. The lowest BCUT2D eigenvalue weighted by Gasteiger charge is -2.25. The average molecular weight is 277 g/mol. The third-order valence-corrected chi connectivity index (χ3v) is 3.39. The van der Waals surface area contributed by atoms with Crippen molar-refractivity contribution in [2.75, 3.05) is 5.32 Å². The van der Waals surface area contributed by atoms with Crippen LogP contribution in [0.15, 0.2) is 18.2 Å². The van der Waals surface area contributed by atoms with Crippen molar-refractivity contribution in [2.45, 2.75) is 40.2 Å². The second-order valence-corrected chi connectivity index (χ2v) is 5.10. The number of carbonyl (C=O) groups is 2. The number of hydrogen-bond acceptors (Lipinski definition) is 3. The van der Waals surface area contributed by atoms with Crippen LogP contribution in [0.25, 0.3) is 0 Å². The minimum Gasteiger partial charge on any atom is -0.548 e. The Balaban J connectivity index is 2.75. The first-order valence-electron chi connectivity index (χ1n) is 6.70. The molecule has 0 spiro atoms. The third-order valence-electron chi connectivity index (χ3n) is 3.39. The van der Waals surface area contributed by atoms with Gasteiger partial charge in [-0.2, -0.15) is 0 Å². The number of carboxylic acid groups (broad SMARTS) is 1. The normalized spacial score (nSPS) is 13.4. The first-order chi connectivity index (χ1) is 9.35. The molecule has 5 heteroatoms. The smallest absolute Gasteiger partial charge is 0.319 e. The first-order valence-corrected chi connectivity index (χ1v) is 6.70. The van der Waals surface area contributed by atoms with E-state index in [1.807, 2.05) is 39.0 Å². The Bertz CT molecular complexity index is 500. The van der Waals surface area contributed by atoms with Crippen molar-refractivity contribution in [1.29, 1.82) is 0 Å². The van der Waals surface area contributed by atoms with Gasteiger partial charge in [-0.3, -0.25) is 0 Å². The van der Waals surface area contributed by atoms with Gasteiger partial charge in [0, 0.05) is 5.69 Å². The molecule has 2 N–H and O–H groups in total. The molecule has 0 saturated carbocycles. The van der Waals surface area contributed by atoms with E-state index in [-0.39, 0.29) is 5.92 Å². The number of aliphatic carboxylic acids is 1. The molecule has 0 aliphatic rings. The zero-order chi connectivity index (χ0) is 15.3. The minimum atomic E-state index is -1.27. The van der Waals surface area contributed by atoms with Gasteiger partial charge >= 0.3 is 6.03 Å². The van der Waals surface area contributed by atoms with E-state index in [1.54, 1.807) is 6.92 Å². The highest BCUT2D eigenvalue weighted by atomic mass is 16.4. The monoisotopic (exact) mass is 277 g/mol. The third kappa shape index (κ3) is 4.26. The quantitative estimate of drug-likeness (QED) is 0.857. The molecule has 20 heavy (non-hydrogen) atoms. The van der Waals surface area contributed by atoms with Crippen molar-refractivity contribution in [2.24, 2.45) is 5.92 Å². The van der Waals surface area contributed by atoms with Crippen LogP contribution in [0.5, 0.6) is 0 Å². The Morgan fingerprint density at radius 3 is 2.50 bits per heavy atom. The van der Waals surface area contributed by atoms with E-state index in [2.05, 4.69) is 10.6 Å². The highest BCUT2D eigenvalue weighted by Crippen LogP contribution is 2.16. The van der Waals surface area contributed by atoms with Crippen LogP contribution in [-0.2, 0) is 4.79 Å². The van der Waals surface area contributed by atoms with E-state index >= 15 is 0 Å². The van der Waals surface area contributed by atoms with Gasteiger partial charge in [-0.05, 0) is 37.0 Å². The summed E-state index contributed by atoms with van der Waals surface area (Å²) < 4.78 is 0. The fourth-order valence-electron chi connectivity index (χ4n) is 1.84. The van der Waals surface area contributed by atoms with Crippen LogP contribution in [0.3, 0.4) is 0 Å². The van der Waals surface area contributed by atoms with E-state index in [4.69, 9.17) is 0 Å². The zero-order valence-corrected chi connectivity index (χ0v) is 12.3. The minimum absolute atomic E-state index is 0.190. The number of amides is 2. The maximum atomic E-state index is 11.9. The Kier molecular flexibility index (Phi) is 5.55. The summed E-state index contributed by atoms with van der Waals surface area (Å²) in [6, 6.07) is 4.15. The largest absolute Gasteiger partial charge is 0.548 e. The van der Waals surface area contributed by atoms with Crippen LogP contribution >= 0.6 is 0 Å². The molecule has 0 unspecified atom stereocenters. The predicted octanol–water partition coefficient (Wildman–Crippen LogP) is 1.59. The fraction of sp³-hybridized carbons (Fsp3) is 0.467. The molecule has 2 atom stereocenters. The van der Waals surface area contributed by atoms with Gasteiger partial charge in [-0.15, -0.1) is 0 Å². The number of aryl methyl sites for hydroxylation is 2. The maximum Gasteiger partial charge on any atom is 0.319 e. The van der Waals surface area contributed by atoms with Crippen molar-refractivity contribution < 1.29 is 14.7 Å². The molecule has 0 fully saturated rings. The molecule has 110 valence electrons. The predicted molar refractivity (Wildman–Crippen MR) is 76.3 cm³/mol. The lowest BCUT2D eigenvalue weighted by Crippen LogP contribution is -2.52. The van der Waals surface area contributed by atoms with E-state index < -0.39 is 18.0 Å². The number of rotatable bonds is 5. The zero-order valence-electron chi connectivity index (χ0n) is 12.3. The van der Waals surface area contributed by atoms with Crippen LogP contribution in [0.1, 0.15) is 31.4 Å². The lowest BCUT2D eigenvalue weighted by molar-refractivity contribution is -0.309. The Hall–Kier alpha value is -2.04. The molecule has 1 aromatic carbocycles. The second-order valence-electron chi connectivity index (χ2n) is 5.10. The number of carboxylic acids is 1. The molecular weight excluding hydrogens is 256 g/mol. The summed E-state index contributed by atoms with van der Waals surface area (Å²) in [5, 5.41) is 16.2. The maximum absolute atomic E-state index is 11.9. The Labute approximate surface area is 119 Å². The summed E-state index contributed by atoms with van der Waals surface area (Å²) in [6.45, 7) is 7.43. The fourth-order valence-corrected chi connectivity index (χ4v) is 1.84. The van der Waals surface area contributed by atoms with Crippen LogP contribution in [0.4, 0.5) is 10.5 Å². The lowest BCUT2D eigenvalue weighted by atomic mass is 9.99. The van der Waals surface area contributed by atoms with Crippen molar-refractivity contribution in [3.63, 3.8) is 0 Å². The molecule has 0 saturated heterocycles. The Morgan fingerprint density at radius 2 is 1.95 bits per heavy atom. The second kappa shape index (κ2) is 6.93. The van der Waals surface area contributed by atoms with E-state index in [0.717, 1.165) is 11.1 Å². The van der Waals surface area contributed by atoms with Gasteiger partial charge in [0.05, 0.1) is 12.0 Å². The highest BCUT2D eigenvalue weighted by Gasteiger charge is 2.19. The first kappa shape index (κ1) is 16.0. The summed E-state index contributed by atoms with van der Waals surface area (Å²) in [4.78, 5) is 23.0. The number of benzene rings is 1.